The van der Waals surface area contributed by atoms with Crippen LogP contribution in [0.1, 0.15) is 33.6 Å². The first-order valence-electron chi connectivity index (χ1n) is 10.3. The summed E-state index contributed by atoms with van der Waals surface area (Å²) in [6.45, 7) is 1.95. The standard InChI is InChI=1S/C23H25F2N3O4/c1-32-18-7-4-16(5-8-18)23(31)28-13-11-27(12-14-28)21(29)3-2-10-26-22(30)19-9-6-17(24)15-20(19)25/h4-9,15H,2-3,10-14H2,1H3,(H,26,30). The van der Waals surface area contributed by atoms with Crippen LogP contribution in [-0.2, 0) is 4.79 Å². The third-order valence-electron chi connectivity index (χ3n) is 5.29. The number of nitrogens with zero attached hydrogens (tertiary/aromatic N) is 2. The van der Waals surface area contributed by atoms with Crippen LogP contribution < -0.4 is 10.1 Å². The fourth-order valence-corrected chi connectivity index (χ4v) is 3.44. The van der Waals surface area contributed by atoms with E-state index in [0.29, 0.717) is 50.0 Å². The molecule has 0 aromatic heterocycles. The van der Waals surface area contributed by atoms with Gasteiger partial charge in [-0.25, -0.2) is 8.78 Å². The summed E-state index contributed by atoms with van der Waals surface area (Å²) in [4.78, 5) is 40.4. The minimum atomic E-state index is -0.930. The predicted molar refractivity (Wildman–Crippen MR) is 113 cm³/mol. The van der Waals surface area contributed by atoms with Crippen molar-refractivity contribution in [1.82, 2.24) is 15.1 Å². The number of amides is 3. The van der Waals surface area contributed by atoms with Gasteiger partial charge in [0.15, 0.2) is 0 Å². The van der Waals surface area contributed by atoms with Crippen LogP contribution >= 0.6 is 0 Å². The first kappa shape index (κ1) is 23.2. The molecule has 3 rings (SSSR count). The number of carbonyl (C=O) groups excluding carboxylic acids is 3. The number of nitrogens with one attached hydrogen (secondary N) is 1. The number of ether oxygens (including phenoxy) is 1. The van der Waals surface area contributed by atoms with Gasteiger partial charge in [-0.15, -0.1) is 0 Å². The molecule has 1 saturated heterocycles. The van der Waals surface area contributed by atoms with Gasteiger partial charge in [0.25, 0.3) is 11.8 Å². The number of rotatable bonds is 7. The van der Waals surface area contributed by atoms with Gasteiger partial charge < -0.3 is 19.9 Å². The number of hydrogen-bond donors (Lipinski definition) is 1. The first-order valence-corrected chi connectivity index (χ1v) is 10.3. The molecule has 0 unspecified atom stereocenters. The summed E-state index contributed by atoms with van der Waals surface area (Å²) in [7, 11) is 1.56. The maximum absolute atomic E-state index is 13.6. The van der Waals surface area contributed by atoms with Gasteiger partial charge in [-0.1, -0.05) is 0 Å². The van der Waals surface area contributed by atoms with Crippen LogP contribution in [0.5, 0.6) is 5.75 Å². The predicted octanol–water partition coefficient (Wildman–Crippen LogP) is 2.47. The lowest BCUT2D eigenvalue weighted by Gasteiger charge is -2.35. The van der Waals surface area contributed by atoms with E-state index in [1.54, 1.807) is 41.2 Å². The summed E-state index contributed by atoms with van der Waals surface area (Å²) in [6.07, 6.45) is 0.608. The van der Waals surface area contributed by atoms with Gasteiger partial charge in [-0.3, -0.25) is 14.4 Å². The lowest BCUT2D eigenvalue weighted by atomic mass is 10.1. The molecule has 1 heterocycles. The van der Waals surface area contributed by atoms with E-state index in [1.807, 2.05) is 0 Å². The Bertz CT molecular complexity index is 974. The molecule has 7 nitrogen and oxygen atoms in total. The second-order valence-electron chi connectivity index (χ2n) is 7.39. The number of halogens is 2. The van der Waals surface area contributed by atoms with Gasteiger partial charge in [0.2, 0.25) is 5.91 Å². The molecule has 1 N–H and O–H groups in total. The van der Waals surface area contributed by atoms with Crippen LogP contribution in [0.2, 0.25) is 0 Å². The summed E-state index contributed by atoms with van der Waals surface area (Å²) in [5, 5.41) is 2.53. The van der Waals surface area contributed by atoms with Crippen LogP contribution in [0.3, 0.4) is 0 Å². The largest absolute Gasteiger partial charge is 0.497 e. The summed E-state index contributed by atoms with van der Waals surface area (Å²) in [5.41, 5.74) is 0.328. The molecule has 170 valence electrons. The van der Waals surface area contributed by atoms with Gasteiger partial charge in [0, 0.05) is 50.8 Å². The molecule has 1 aliphatic rings. The molecule has 0 aliphatic carbocycles. The average Bonchev–Trinajstić information content (AvgIpc) is 2.81. The van der Waals surface area contributed by atoms with Crippen LogP contribution in [0.4, 0.5) is 8.78 Å². The molecule has 2 aromatic rings. The number of carbonyl (C=O) groups is 3. The van der Waals surface area contributed by atoms with E-state index in [4.69, 9.17) is 4.74 Å². The average molecular weight is 445 g/mol. The molecule has 0 saturated carbocycles. The number of benzene rings is 2. The van der Waals surface area contributed by atoms with Crippen molar-refractivity contribution < 1.29 is 27.9 Å². The van der Waals surface area contributed by atoms with E-state index in [1.165, 1.54) is 0 Å². The number of piperazine rings is 1. The SMILES string of the molecule is COc1ccc(C(=O)N2CCN(C(=O)CCCNC(=O)c3ccc(F)cc3F)CC2)cc1. The van der Waals surface area contributed by atoms with Crippen molar-refractivity contribution >= 4 is 17.7 Å². The highest BCUT2D eigenvalue weighted by Crippen LogP contribution is 2.15. The Labute approximate surface area is 184 Å². The van der Waals surface area contributed by atoms with Crippen molar-refractivity contribution in [2.45, 2.75) is 12.8 Å². The summed E-state index contributed by atoms with van der Waals surface area (Å²) >= 11 is 0. The monoisotopic (exact) mass is 445 g/mol. The Morgan fingerprint density at radius 2 is 1.62 bits per heavy atom. The smallest absolute Gasteiger partial charge is 0.254 e. The quantitative estimate of drug-likeness (QED) is 0.665. The Morgan fingerprint density at radius 3 is 2.25 bits per heavy atom. The van der Waals surface area contributed by atoms with Crippen LogP contribution in [0.25, 0.3) is 0 Å². The van der Waals surface area contributed by atoms with Crippen molar-refractivity contribution in [1.29, 1.82) is 0 Å². The highest BCUT2D eigenvalue weighted by atomic mass is 19.1. The van der Waals surface area contributed by atoms with Crippen LogP contribution in [0, 0.1) is 11.6 Å². The molecule has 0 spiro atoms. The fraction of sp³-hybridized carbons (Fsp3) is 0.348. The van der Waals surface area contributed by atoms with Gasteiger partial charge in [-0.2, -0.15) is 0 Å². The molecule has 3 amide bonds. The molecule has 1 fully saturated rings. The molecular formula is C23H25F2N3O4. The zero-order valence-corrected chi connectivity index (χ0v) is 17.8. The van der Waals surface area contributed by atoms with Crippen molar-refractivity contribution in [3.05, 3.63) is 65.2 Å². The maximum Gasteiger partial charge on any atom is 0.254 e. The molecule has 2 aromatic carbocycles. The van der Waals surface area contributed by atoms with Gasteiger partial charge >= 0.3 is 0 Å². The van der Waals surface area contributed by atoms with Crippen LogP contribution in [0.15, 0.2) is 42.5 Å². The first-order chi connectivity index (χ1) is 15.4. The van der Waals surface area contributed by atoms with Crippen molar-refractivity contribution in [3.8, 4) is 5.75 Å². The Balaban J connectivity index is 1.38. The van der Waals surface area contributed by atoms with Crippen molar-refractivity contribution in [3.63, 3.8) is 0 Å². The highest BCUT2D eigenvalue weighted by Gasteiger charge is 2.24. The van der Waals surface area contributed by atoms with E-state index in [0.717, 1.165) is 12.1 Å². The zero-order chi connectivity index (χ0) is 23.1. The normalized spacial score (nSPS) is 13.6. The molecule has 32 heavy (non-hydrogen) atoms. The van der Waals surface area contributed by atoms with Crippen molar-refractivity contribution in [2.75, 3.05) is 39.8 Å². The summed E-state index contributed by atoms with van der Waals surface area (Å²) < 4.78 is 31.6. The molecule has 9 heteroatoms. The second kappa shape index (κ2) is 10.7. The lowest BCUT2D eigenvalue weighted by Crippen LogP contribution is -2.50. The third-order valence-corrected chi connectivity index (χ3v) is 5.29. The van der Waals surface area contributed by atoms with E-state index in [2.05, 4.69) is 5.32 Å². The molecule has 1 aliphatic heterocycles. The minimum absolute atomic E-state index is 0.0660. The van der Waals surface area contributed by atoms with Crippen molar-refractivity contribution in [2.24, 2.45) is 0 Å². The van der Waals surface area contributed by atoms with E-state index >= 15 is 0 Å². The fourth-order valence-electron chi connectivity index (χ4n) is 3.44. The third kappa shape index (κ3) is 5.81. The summed E-state index contributed by atoms with van der Waals surface area (Å²) in [5.74, 6) is -1.81. The highest BCUT2D eigenvalue weighted by molar-refractivity contribution is 5.95. The number of hydrogen-bond acceptors (Lipinski definition) is 4. The van der Waals surface area contributed by atoms with Gasteiger partial charge in [-0.05, 0) is 42.8 Å². The Hall–Kier alpha value is -3.49. The van der Waals surface area contributed by atoms with Crippen LogP contribution in [-0.4, -0.2) is 67.4 Å². The Kier molecular flexibility index (Phi) is 7.75. The van der Waals surface area contributed by atoms with E-state index in [-0.39, 0.29) is 30.3 Å². The number of methoxy groups -OCH3 is 1. The lowest BCUT2D eigenvalue weighted by molar-refractivity contribution is -0.132. The van der Waals surface area contributed by atoms with E-state index < -0.39 is 17.5 Å². The molecular weight excluding hydrogens is 420 g/mol. The maximum atomic E-state index is 13.6. The second-order valence-corrected chi connectivity index (χ2v) is 7.39. The van der Waals surface area contributed by atoms with Gasteiger partial charge in [0.1, 0.15) is 17.4 Å². The zero-order valence-electron chi connectivity index (χ0n) is 17.8. The summed E-state index contributed by atoms with van der Waals surface area (Å²) in [6, 6.07) is 9.64. The molecule has 0 radical (unpaired) electrons. The Morgan fingerprint density at radius 1 is 0.969 bits per heavy atom. The van der Waals surface area contributed by atoms with E-state index in [9.17, 15) is 23.2 Å². The molecule has 0 bridgehead atoms. The minimum Gasteiger partial charge on any atom is -0.497 e. The van der Waals surface area contributed by atoms with Gasteiger partial charge in [0.05, 0.1) is 12.7 Å². The molecule has 0 atom stereocenters. The topological polar surface area (TPSA) is 79.0 Å².